The van der Waals surface area contributed by atoms with Crippen LogP contribution in [0, 0.1) is 0 Å². The van der Waals surface area contributed by atoms with Gasteiger partial charge in [-0.25, -0.2) is 0 Å². The van der Waals surface area contributed by atoms with E-state index < -0.39 is 0 Å². The van der Waals surface area contributed by atoms with E-state index in [0.717, 1.165) is 11.3 Å². The number of carbonyl (C=O) groups is 1. The molecule has 0 saturated heterocycles. The third-order valence-corrected chi connectivity index (χ3v) is 2.71. The van der Waals surface area contributed by atoms with Gasteiger partial charge in [0, 0.05) is 12.6 Å². The number of nitrogens with zero attached hydrogens (tertiary/aromatic N) is 1. The summed E-state index contributed by atoms with van der Waals surface area (Å²) in [5.41, 5.74) is 6.49. The standard InChI is InChI=1S/C14H22N2O2/c1-4-18-13-7-5-12(6-8-13)10-16(11(2)3)14(17)9-15/h5-8,11H,4,9-10,15H2,1-3H3. The Hall–Kier alpha value is -1.55. The van der Waals surface area contributed by atoms with Gasteiger partial charge in [-0.2, -0.15) is 0 Å². The van der Waals surface area contributed by atoms with Gasteiger partial charge in [-0.3, -0.25) is 4.79 Å². The van der Waals surface area contributed by atoms with Crippen LogP contribution < -0.4 is 10.5 Å². The number of benzene rings is 1. The Morgan fingerprint density at radius 1 is 1.33 bits per heavy atom. The summed E-state index contributed by atoms with van der Waals surface area (Å²) in [6.45, 7) is 7.22. The van der Waals surface area contributed by atoms with Crippen molar-refractivity contribution in [1.29, 1.82) is 0 Å². The van der Waals surface area contributed by atoms with Gasteiger partial charge in [0.2, 0.25) is 5.91 Å². The molecule has 18 heavy (non-hydrogen) atoms. The van der Waals surface area contributed by atoms with Crippen LogP contribution in [0.5, 0.6) is 5.75 Å². The molecule has 0 spiro atoms. The van der Waals surface area contributed by atoms with E-state index in [1.54, 1.807) is 4.90 Å². The van der Waals surface area contributed by atoms with Gasteiger partial charge in [-0.05, 0) is 38.5 Å². The topological polar surface area (TPSA) is 55.6 Å². The first kappa shape index (κ1) is 14.5. The van der Waals surface area contributed by atoms with E-state index >= 15 is 0 Å². The number of hydrogen-bond acceptors (Lipinski definition) is 3. The van der Waals surface area contributed by atoms with Gasteiger partial charge >= 0.3 is 0 Å². The number of ether oxygens (including phenoxy) is 1. The molecule has 1 rings (SSSR count). The SMILES string of the molecule is CCOc1ccc(CN(C(=O)CN)C(C)C)cc1. The van der Waals surface area contributed by atoms with Crippen LogP contribution in [-0.2, 0) is 11.3 Å². The normalized spacial score (nSPS) is 10.5. The van der Waals surface area contributed by atoms with Crippen LogP contribution in [0.1, 0.15) is 26.3 Å². The van der Waals surface area contributed by atoms with E-state index in [1.165, 1.54) is 0 Å². The van der Waals surface area contributed by atoms with Crippen LogP contribution in [0.15, 0.2) is 24.3 Å². The molecular formula is C14H22N2O2. The fraction of sp³-hybridized carbons (Fsp3) is 0.500. The summed E-state index contributed by atoms with van der Waals surface area (Å²) >= 11 is 0. The van der Waals surface area contributed by atoms with Crippen molar-refractivity contribution in [2.24, 2.45) is 5.73 Å². The van der Waals surface area contributed by atoms with Gasteiger partial charge < -0.3 is 15.4 Å². The zero-order valence-corrected chi connectivity index (χ0v) is 11.3. The van der Waals surface area contributed by atoms with Crippen molar-refractivity contribution >= 4 is 5.91 Å². The van der Waals surface area contributed by atoms with Crippen molar-refractivity contribution in [1.82, 2.24) is 4.90 Å². The highest BCUT2D eigenvalue weighted by Gasteiger charge is 2.15. The second-order valence-corrected chi connectivity index (χ2v) is 4.40. The molecule has 4 heteroatoms. The van der Waals surface area contributed by atoms with E-state index in [2.05, 4.69) is 0 Å². The van der Waals surface area contributed by atoms with Crippen molar-refractivity contribution in [2.75, 3.05) is 13.2 Å². The van der Waals surface area contributed by atoms with Crippen LogP contribution in [0.2, 0.25) is 0 Å². The molecule has 0 aliphatic carbocycles. The van der Waals surface area contributed by atoms with Gasteiger partial charge in [-0.15, -0.1) is 0 Å². The van der Waals surface area contributed by atoms with Crippen LogP contribution in [0.3, 0.4) is 0 Å². The number of hydrogen-bond donors (Lipinski definition) is 1. The van der Waals surface area contributed by atoms with Gasteiger partial charge in [0.25, 0.3) is 0 Å². The lowest BCUT2D eigenvalue weighted by Crippen LogP contribution is -2.40. The molecule has 0 atom stereocenters. The number of amides is 1. The lowest BCUT2D eigenvalue weighted by atomic mass is 10.2. The molecular weight excluding hydrogens is 228 g/mol. The smallest absolute Gasteiger partial charge is 0.236 e. The Bertz CT molecular complexity index is 374. The van der Waals surface area contributed by atoms with E-state index in [-0.39, 0.29) is 18.5 Å². The van der Waals surface area contributed by atoms with Crippen LogP contribution >= 0.6 is 0 Å². The predicted molar refractivity (Wildman–Crippen MR) is 72.4 cm³/mol. The molecule has 4 nitrogen and oxygen atoms in total. The quantitative estimate of drug-likeness (QED) is 0.837. The molecule has 0 saturated carbocycles. The fourth-order valence-corrected chi connectivity index (χ4v) is 1.73. The minimum absolute atomic E-state index is 0.0288. The van der Waals surface area contributed by atoms with Crippen molar-refractivity contribution in [3.05, 3.63) is 29.8 Å². The summed E-state index contributed by atoms with van der Waals surface area (Å²) in [4.78, 5) is 13.5. The maximum Gasteiger partial charge on any atom is 0.236 e. The van der Waals surface area contributed by atoms with Crippen molar-refractivity contribution in [2.45, 2.75) is 33.4 Å². The lowest BCUT2D eigenvalue weighted by molar-refractivity contribution is -0.132. The van der Waals surface area contributed by atoms with Crippen LogP contribution in [-0.4, -0.2) is 30.0 Å². The molecule has 2 N–H and O–H groups in total. The molecule has 0 aliphatic heterocycles. The van der Waals surface area contributed by atoms with Crippen molar-refractivity contribution < 1.29 is 9.53 Å². The molecule has 0 aliphatic rings. The average molecular weight is 250 g/mol. The molecule has 1 aromatic carbocycles. The first-order valence-electron chi connectivity index (χ1n) is 6.29. The molecule has 0 radical (unpaired) electrons. The van der Waals surface area contributed by atoms with Crippen molar-refractivity contribution in [3.8, 4) is 5.75 Å². The summed E-state index contributed by atoms with van der Waals surface area (Å²) in [5.74, 6) is 0.821. The summed E-state index contributed by atoms with van der Waals surface area (Å²) in [5, 5.41) is 0. The van der Waals surface area contributed by atoms with E-state index in [4.69, 9.17) is 10.5 Å². The summed E-state index contributed by atoms with van der Waals surface area (Å²) in [6, 6.07) is 7.94. The number of rotatable bonds is 6. The summed E-state index contributed by atoms with van der Waals surface area (Å²) < 4.78 is 5.38. The minimum atomic E-state index is -0.0288. The second kappa shape index (κ2) is 7.01. The fourth-order valence-electron chi connectivity index (χ4n) is 1.73. The highest BCUT2D eigenvalue weighted by Crippen LogP contribution is 2.14. The minimum Gasteiger partial charge on any atom is -0.494 e. The van der Waals surface area contributed by atoms with Gasteiger partial charge in [-0.1, -0.05) is 12.1 Å². The first-order chi connectivity index (χ1) is 8.58. The van der Waals surface area contributed by atoms with Crippen LogP contribution in [0.4, 0.5) is 0 Å². The Morgan fingerprint density at radius 2 is 1.94 bits per heavy atom. The monoisotopic (exact) mass is 250 g/mol. The zero-order valence-electron chi connectivity index (χ0n) is 11.3. The van der Waals surface area contributed by atoms with E-state index in [9.17, 15) is 4.79 Å². The zero-order chi connectivity index (χ0) is 13.5. The maximum absolute atomic E-state index is 11.7. The van der Waals surface area contributed by atoms with Gasteiger partial charge in [0.15, 0.2) is 0 Å². The number of nitrogens with two attached hydrogens (primary N) is 1. The molecule has 1 amide bonds. The largest absolute Gasteiger partial charge is 0.494 e. The van der Waals surface area contributed by atoms with E-state index in [0.29, 0.717) is 13.2 Å². The van der Waals surface area contributed by atoms with Gasteiger partial charge in [0.1, 0.15) is 5.75 Å². The van der Waals surface area contributed by atoms with Gasteiger partial charge in [0.05, 0.1) is 13.2 Å². The summed E-state index contributed by atoms with van der Waals surface area (Å²) in [7, 11) is 0. The molecule has 0 unspecified atom stereocenters. The predicted octanol–water partition coefficient (Wildman–Crippen LogP) is 1.78. The molecule has 0 aromatic heterocycles. The Kier molecular flexibility index (Phi) is 5.65. The molecule has 0 bridgehead atoms. The molecule has 0 heterocycles. The summed E-state index contributed by atoms with van der Waals surface area (Å²) in [6.07, 6.45) is 0. The third-order valence-electron chi connectivity index (χ3n) is 2.71. The number of carbonyl (C=O) groups excluding carboxylic acids is 1. The Morgan fingerprint density at radius 3 is 2.39 bits per heavy atom. The first-order valence-corrected chi connectivity index (χ1v) is 6.29. The third kappa shape index (κ3) is 4.04. The van der Waals surface area contributed by atoms with Crippen LogP contribution in [0.25, 0.3) is 0 Å². The Labute approximate surface area is 109 Å². The molecule has 0 fully saturated rings. The molecule has 1 aromatic rings. The average Bonchev–Trinajstić information content (AvgIpc) is 2.37. The highest BCUT2D eigenvalue weighted by molar-refractivity contribution is 5.78. The maximum atomic E-state index is 11.7. The lowest BCUT2D eigenvalue weighted by Gasteiger charge is -2.26. The molecule has 100 valence electrons. The second-order valence-electron chi connectivity index (χ2n) is 4.40. The Balaban J connectivity index is 2.72. The highest BCUT2D eigenvalue weighted by atomic mass is 16.5. The van der Waals surface area contributed by atoms with E-state index in [1.807, 2.05) is 45.0 Å². The van der Waals surface area contributed by atoms with Crippen molar-refractivity contribution in [3.63, 3.8) is 0 Å².